The van der Waals surface area contributed by atoms with Crippen LogP contribution < -0.4 is 10.0 Å². The van der Waals surface area contributed by atoms with Crippen LogP contribution in [0, 0.1) is 11.7 Å². The number of rotatable bonds is 7. The minimum absolute atomic E-state index is 0.0984. The predicted octanol–water partition coefficient (Wildman–Crippen LogP) is 4.82. The van der Waals surface area contributed by atoms with Crippen LogP contribution in [-0.2, 0) is 10.0 Å². The standard InChI is InChI=1S/C21H21FN2O3S2/c1-14(2)20(15-5-9-17(22)10-6-15)23-21(25)16-7-11-18(12-8-16)24-29(26,27)19-4-3-13-28-19/h3-14,20,24H,1-2H3,(H,23,25). The van der Waals surface area contributed by atoms with Gasteiger partial charge in [0.25, 0.3) is 15.9 Å². The summed E-state index contributed by atoms with van der Waals surface area (Å²) in [5, 5.41) is 4.65. The topological polar surface area (TPSA) is 75.3 Å². The first-order chi connectivity index (χ1) is 13.8. The number of benzene rings is 2. The summed E-state index contributed by atoms with van der Waals surface area (Å²) in [7, 11) is -3.64. The van der Waals surface area contributed by atoms with Crippen LogP contribution in [0.5, 0.6) is 0 Å². The number of hydrogen-bond donors (Lipinski definition) is 2. The molecule has 8 heteroatoms. The first kappa shape index (κ1) is 21.0. The number of nitrogens with one attached hydrogen (secondary N) is 2. The van der Waals surface area contributed by atoms with Crippen LogP contribution >= 0.6 is 11.3 Å². The molecule has 3 aromatic rings. The van der Waals surface area contributed by atoms with Crippen molar-refractivity contribution in [1.82, 2.24) is 5.32 Å². The Kier molecular flexibility index (Phi) is 6.34. The molecule has 2 N–H and O–H groups in total. The molecule has 0 bridgehead atoms. The number of hydrogen-bond acceptors (Lipinski definition) is 4. The van der Waals surface area contributed by atoms with Crippen molar-refractivity contribution in [3.8, 4) is 0 Å². The number of anilines is 1. The van der Waals surface area contributed by atoms with Gasteiger partial charge in [-0.05, 0) is 59.3 Å². The van der Waals surface area contributed by atoms with E-state index in [1.165, 1.54) is 18.2 Å². The number of sulfonamides is 1. The normalized spacial score (nSPS) is 12.6. The van der Waals surface area contributed by atoms with Crippen molar-refractivity contribution in [2.75, 3.05) is 4.72 Å². The highest BCUT2D eigenvalue weighted by atomic mass is 32.2. The van der Waals surface area contributed by atoms with Gasteiger partial charge in [-0.25, -0.2) is 12.8 Å². The summed E-state index contributed by atoms with van der Waals surface area (Å²) in [5.41, 5.74) is 1.58. The van der Waals surface area contributed by atoms with Crippen LogP contribution in [0.3, 0.4) is 0 Å². The Hall–Kier alpha value is -2.71. The van der Waals surface area contributed by atoms with E-state index in [1.807, 2.05) is 13.8 Å². The zero-order valence-corrected chi connectivity index (χ0v) is 17.6. The fourth-order valence-corrected chi connectivity index (χ4v) is 4.89. The molecule has 1 heterocycles. The number of carbonyl (C=O) groups is 1. The van der Waals surface area contributed by atoms with E-state index in [1.54, 1.807) is 47.8 Å². The molecule has 152 valence electrons. The molecular formula is C21H21FN2O3S2. The predicted molar refractivity (Wildman–Crippen MR) is 113 cm³/mol. The van der Waals surface area contributed by atoms with E-state index in [9.17, 15) is 17.6 Å². The molecule has 0 saturated heterocycles. The maximum atomic E-state index is 13.2. The largest absolute Gasteiger partial charge is 0.345 e. The number of carbonyl (C=O) groups excluding carboxylic acids is 1. The first-order valence-electron chi connectivity index (χ1n) is 8.99. The van der Waals surface area contributed by atoms with E-state index < -0.39 is 10.0 Å². The van der Waals surface area contributed by atoms with Gasteiger partial charge in [0.15, 0.2) is 0 Å². The summed E-state index contributed by atoms with van der Waals surface area (Å²) < 4.78 is 40.5. The second-order valence-corrected chi connectivity index (χ2v) is 9.72. The Labute approximate surface area is 173 Å². The second kappa shape index (κ2) is 8.75. The molecule has 0 saturated carbocycles. The molecule has 5 nitrogen and oxygen atoms in total. The van der Waals surface area contributed by atoms with Gasteiger partial charge in [0, 0.05) is 11.3 Å². The van der Waals surface area contributed by atoms with Crippen molar-refractivity contribution in [3.05, 3.63) is 83.0 Å². The molecule has 0 aliphatic rings. The van der Waals surface area contributed by atoms with Crippen LogP contribution in [-0.4, -0.2) is 14.3 Å². The van der Waals surface area contributed by atoms with Crippen molar-refractivity contribution in [2.45, 2.75) is 24.1 Å². The minimum Gasteiger partial charge on any atom is -0.345 e. The monoisotopic (exact) mass is 432 g/mol. The van der Waals surface area contributed by atoms with E-state index in [0.29, 0.717) is 11.3 Å². The molecule has 29 heavy (non-hydrogen) atoms. The highest BCUT2D eigenvalue weighted by molar-refractivity contribution is 7.94. The summed E-state index contributed by atoms with van der Waals surface area (Å²) >= 11 is 1.13. The van der Waals surface area contributed by atoms with Crippen molar-refractivity contribution in [1.29, 1.82) is 0 Å². The summed E-state index contributed by atoms with van der Waals surface area (Å²) in [6.07, 6.45) is 0. The SMILES string of the molecule is CC(C)C(NC(=O)c1ccc(NS(=O)(=O)c2cccs2)cc1)c1ccc(F)cc1. The summed E-state index contributed by atoms with van der Waals surface area (Å²) in [4.78, 5) is 12.7. The van der Waals surface area contributed by atoms with Gasteiger partial charge in [0.05, 0.1) is 6.04 Å². The Balaban J connectivity index is 1.71. The van der Waals surface area contributed by atoms with Gasteiger partial charge < -0.3 is 5.32 Å². The minimum atomic E-state index is -3.64. The van der Waals surface area contributed by atoms with Gasteiger partial charge in [-0.2, -0.15) is 0 Å². The maximum absolute atomic E-state index is 13.2. The third-order valence-electron chi connectivity index (χ3n) is 4.34. The average Bonchev–Trinajstić information content (AvgIpc) is 3.23. The lowest BCUT2D eigenvalue weighted by molar-refractivity contribution is 0.0925. The molecular weight excluding hydrogens is 411 g/mol. The lowest BCUT2D eigenvalue weighted by atomic mass is 9.95. The molecule has 1 unspecified atom stereocenters. The van der Waals surface area contributed by atoms with Gasteiger partial charge in [-0.1, -0.05) is 32.0 Å². The van der Waals surface area contributed by atoms with E-state index in [0.717, 1.165) is 16.9 Å². The first-order valence-corrected chi connectivity index (χ1v) is 11.4. The van der Waals surface area contributed by atoms with Crippen LogP contribution in [0.2, 0.25) is 0 Å². The number of thiophene rings is 1. The smallest absolute Gasteiger partial charge is 0.271 e. The summed E-state index contributed by atoms with van der Waals surface area (Å²) in [6.45, 7) is 3.94. The molecule has 0 aliphatic carbocycles. The third-order valence-corrected chi connectivity index (χ3v) is 7.12. The Morgan fingerprint density at radius 3 is 2.21 bits per heavy atom. The van der Waals surface area contributed by atoms with Crippen LogP contribution in [0.4, 0.5) is 10.1 Å². The van der Waals surface area contributed by atoms with Gasteiger partial charge >= 0.3 is 0 Å². The van der Waals surface area contributed by atoms with Gasteiger partial charge in [-0.15, -0.1) is 11.3 Å². The van der Waals surface area contributed by atoms with Crippen molar-refractivity contribution in [3.63, 3.8) is 0 Å². The fourth-order valence-electron chi connectivity index (χ4n) is 2.84. The Bertz CT molecular complexity index is 1060. The van der Waals surface area contributed by atoms with E-state index in [2.05, 4.69) is 10.0 Å². The Morgan fingerprint density at radius 1 is 1.00 bits per heavy atom. The third kappa shape index (κ3) is 5.21. The number of amides is 1. The average molecular weight is 433 g/mol. The van der Waals surface area contributed by atoms with E-state index in [4.69, 9.17) is 0 Å². The summed E-state index contributed by atoms with van der Waals surface area (Å²) in [5.74, 6) is -0.523. The highest BCUT2D eigenvalue weighted by Crippen LogP contribution is 2.24. The van der Waals surface area contributed by atoms with Crippen LogP contribution in [0.15, 0.2) is 70.3 Å². The van der Waals surface area contributed by atoms with Gasteiger partial charge in [0.2, 0.25) is 0 Å². The molecule has 0 spiro atoms. The van der Waals surface area contributed by atoms with Crippen LogP contribution in [0.25, 0.3) is 0 Å². The fraction of sp³-hybridized carbons (Fsp3) is 0.190. The lowest BCUT2D eigenvalue weighted by Gasteiger charge is -2.23. The quantitative estimate of drug-likeness (QED) is 0.562. The van der Waals surface area contributed by atoms with Crippen LogP contribution in [0.1, 0.15) is 35.8 Å². The van der Waals surface area contributed by atoms with Gasteiger partial charge in [0.1, 0.15) is 10.0 Å². The van der Waals surface area contributed by atoms with Crippen molar-refractivity contribution < 1.29 is 17.6 Å². The van der Waals surface area contributed by atoms with E-state index in [-0.39, 0.29) is 27.9 Å². The summed E-state index contributed by atoms with van der Waals surface area (Å²) in [6, 6.07) is 15.2. The lowest BCUT2D eigenvalue weighted by Crippen LogP contribution is -2.31. The molecule has 1 atom stereocenters. The molecule has 0 aliphatic heterocycles. The maximum Gasteiger partial charge on any atom is 0.271 e. The van der Waals surface area contributed by atoms with Gasteiger partial charge in [-0.3, -0.25) is 9.52 Å². The van der Waals surface area contributed by atoms with Crippen molar-refractivity contribution in [2.24, 2.45) is 5.92 Å². The zero-order valence-electron chi connectivity index (χ0n) is 15.9. The number of halogens is 1. The molecule has 0 radical (unpaired) electrons. The zero-order chi connectivity index (χ0) is 21.0. The van der Waals surface area contributed by atoms with E-state index >= 15 is 0 Å². The molecule has 2 aromatic carbocycles. The molecule has 1 amide bonds. The Morgan fingerprint density at radius 2 is 1.66 bits per heavy atom. The van der Waals surface area contributed by atoms with Crippen molar-refractivity contribution >= 4 is 33.0 Å². The second-order valence-electron chi connectivity index (χ2n) is 6.86. The highest BCUT2D eigenvalue weighted by Gasteiger charge is 2.20. The molecule has 3 rings (SSSR count). The molecule has 0 fully saturated rings. The molecule has 1 aromatic heterocycles.